The maximum absolute atomic E-state index is 13.3. The number of rotatable bonds is 4. The minimum Gasteiger partial charge on any atom is -0.496 e. The summed E-state index contributed by atoms with van der Waals surface area (Å²) < 4.78 is 44.8. The molecule has 0 aliphatic carbocycles. The van der Waals surface area contributed by atoms with Gasteiger partial charge in [-0.05, 0) is 23.6 Å². The Balaban J connectivity index is 2.72. The molecule has 0 aliphatic rings. The van der Waals surface area contributed by atoms with Crippen LogP contribution in [0.15, 0.2) is 30.3 Å². The second-order valence-corrected chi connectivity index (χ2v) is 4.76. The molecule has 0 saturated heterocycles. The van der Waals surface area contributed by atoms with E-state index in [0.29, 0.717) is 11.1 Å². The molecule has 0 amide bonds. The Labute approximate surface area is 124 Å². The number of methoxy groups -OCH3 is 1. The molecule has 0 unspecified atom stereocenters. The molecule has 118 valence electrons. The Hall–Kier alpha value is -2.44. The van der Waals surface area contributed by atoms with E-state index in [1.165, 1.54) is 43.3 Å². The van der Waals surface area contributed by atoms with Gasteiger partial charge >= 0.3 is 12.1 Å². The van der Waals surface area contributed by atoms with Gasteiger partial charge in [0, 0.05) is 18.1 Å². The molecule has 2 rings (SSSR count). The van der Waals surface area contributed by atoms with E-state index in [1.54, 1.807) is 6.07 Å². The van der Waals surface area contributed by atoms with Crippen LogP contribution in [0.25, 0.3) is 10.8 Å². The fourth-order valence-corrected chi connectivity index (χ4v) is 2.40. The molecule has 0 aromatic heterocycles. The first-order valence-corrected chi connectivity index (χ1v) is 6.35. The Kier molecular flexibility index (Phi) is 4.16. The number of hydrogen-bond acceptors (Lipinski definition) is 3. The zero-order chi connectivity index (χ0) is 16.5. The number of anilines is 1. The second kappa shape index (κ2) is 5.75. The summed E-state index contributed by atoms with van der Waals surface area (Å²) in [5, 5.41) is 9.13. The zero-order valence-corrected chi connectivity index (χ0v) is 11.9. The average molecular weight is 313 g/mol. The van der Waals surface area contributed by atoms with Crippen molar-refractivity contribution in [2.45, 2.75) is 6.18 Å². The minimum absolute atomic E-state index is 0.0263. The van der Waals surface area contributed by atoms with Crippen LogP contribution < -0.4 is 9.64 Å². The molecule has 0 atom stereocenters. The Morgan fingerprint density at radius 1 is 1.23 bits per heavy atom. The van der Waals surface area contributed by atoms with Crippen molar-refractivity contribution in [1.29, 1.82) is 0 Å². The number of fused-ring (bicyclic) bond motifs is 1. The molecule has 0 fully saturated rings. The number of benzene rings is 2. The van der Waals surface area contributed by atoms with Crippen LogP contribution >= 0.6 is 0 Å². The molecule has 2 aromatic rings. The molecule has 0 aliphatic heterocycles. The molecule has 0 saturated carbocycles. The molecule has 0 bridgehead atoms. The van der Waals surface area contributed by atoms with Crippen molar-refractivity contribution in [1.82, 2.24) is 0 Å². The van der Waals surface area contributed by atoms with Gasteiger partial charge in [-0.25, -0.2) is 0 Å². The lowest BCUT2D eigenvalue weighted by atomic mass is 10.0. The third-order valence-corrected chi connectivity index (χ3v) is 3.29. The van der Waals surface area contributed by atoms with Crippen LogP contribution in [0.2, 0.25) is 0 Å². The predicted molar refractivity (Wildman–Crippen MR) is 76.4 cm³/mol. The third-order valence-electron chi connectivity index (χ3n) is 3.29. The fourth-order valence-electron chi connectivity index (χ4n) is 2.40. The van der Waals surface area contributed by atoms with E-state index in [0.717, 1.165) is 0 Å². The van der Waals surface area contributed by atoms with Crippen molar-refractivity contribution < 1.29 is 27.8 Å². The smallest absolute Gasteiger partial charge is 0.420 e. The summed E-state index contributed by atoms with van der Waals surface area (Å²) in [5.41, 5.74) is -0.453. The summed E-state index contributed by atoms with van der Waals surface area (Å²) in [7, 11) is 2.69. The highest BCUT2D eigenvalue weighted by atomic mass is 19.4. The number of carboxylic acid groups (broad SMARTS) is 1. The van der Waals surface area contributed by atoms with Gasteiger partial charge in [0.05, 0.1) is 7.11 Å². The van der Waals surface area contributed by atoms with Crippen LogP contribution in [0, 0.1) is 0 Å². The maximum Gasteiger partial charge on any atom is 0.420 e. The minimum atomic E-state index is -4.57. The number of halogens is 3. The molecular weight excluding hydrogens is 299 g/mol. The standard InChI is InChI=1S/C15H14F3NO3/c1-19(8-13(20)21)11-5-3-4-10-9(11)6-7-12(22-2)14(10)15(16,17)18/h3-7H,8H2,1-2H3,(H,20,21). The highest BCUT2D eigenvalue weighted by molar-refractivity contribution is 5.98. The molecule has 4 nitrogen and oxygen atoms in total. The van der Waals surface area contributed by atoms with E-state index >= 15 is 0 Å². The van der Waals surface area contributed by atoms with Gasteiger partial charge in [-0.3, -0.25) is 4.79 Å². The van der Waals surface area contributed by atoms with Gasteiger partial charge in [0.2, 0.25) is 0 Å². The summed E-state index contributed by atoms with van der Waals surface area (Å²) in [6.45, 7) is -0.313. The molecule has 2 aromatic carbocycles. The van der Waals surface area contributed by atoms with Crippen LogP contribution in [0.3, 0.4) is 0 Å². The lowest BCUT2D eigenvalue weighted by molar-refractivity contribution is -0.137. The number of aliphatic carboxylic acids is 1. The van der Waals surface area contributed by atoms with E-state index in [1.807, 2.05) is 0 Å². The number of alkyl halides is 3. The Morgan fingerprint density at radius 2 is 1.91 bits per heavy atom. The summed E-state index contributed by atoms with van der Waals surface area (Å²) in [4.78, 5) is 12.2. The number of nitrogens with zero attached hydrogens (tertiary/aromatic N) is 1. The van der Waals surface area contributed by atoms with Crippen molar-refractivity contribution in [3.63, 3.8) is 0 Å². The first-order valence-electron chi connectivity index (χ1n) is 6.35. The second-order valence-electron chi connectivity index (χ2n) is 4.76. The van der Waals surface area contributed by atoms with Crippen LogP contribution in [-0.2, 0) is 11.0 Å². The molecule has 1 N–H and O–H groups in total. The van der Waals surface area contributed by atoms with E-state index in [-0.39, 0.29) is 17.7 Å². The third kappa shape index (κ3) is 2.93. The Bertz CT molecular complexity index is 713. The van der Waals surface area contributed by atoms with E-state index in [9.17, 15) is 18.0 Å². The number of hydrogen-bond donors (Lipinski definition) is 1. The summed E-state index contributed by atoms with van der Waals surface area (Å²) in [6, 6.07) is 7.13. The fraction of sp³-hybridized carbons (Fsp3) is 0.267. The monoisotopic (exact) mass is 313 g/mol. The predicted octanol–water partition coefficient (Wildman–Crippen LogP) is 3.39. The van der Waals surface area contributed by atoms with Gasteiger partial charge in [0.25, 0.3) is 0 Å². The summed E-state index contributed by atoms with van der Waals surface area (Å²) in [5.74, 6) is -1.33. The Morgan fingerprint density at radius 3 is 2.45 bits per heavy atom. The van der Waals surface area contributed by atoms with Gasteiger partial charge in [0.1, 0.15) is 17.9 Å². The topological polar surface area (TPSA) is 49.8 Å². The molecule has 0 heterocycles. The van der Waals surface area contributed by atoms with Crippen molar-refractivity contribution in [2.75, 3.05) is 25.6 Å². The molecule has 0 radical (unpaired) electrons. The maximum atomic E-state index is 13.3. The molecule has 0 spiro atoms. The molecule has 22 heavy (non-hydrogen) atoms. The SMILES string of the molecule is COc1ccc2c(N(C)CC(=O)O)cccc2c1C(F)(F)F. The highest BCUT2D eigenvalue weighted by Gasteiger charge is 2.36. The average Bonchev–Trinajstić information content (AvgIpc) is 2.43. The molecule has 7 heteroatoms. The lowest BCUT2D eigenvalue weighted by Crippen LogP contribution is -2.25. The quantitative estimate of drug-likeness (QED) is 0.940. The number of likely N-dealkylation sites (N-methyl/N-ethyl adjacent to an activating group) is 1. The van der Waals surface area contributed by atoms with Crippen molar-refractivity contribution in [2.24, 2.45) is 0 Å². The normalized spacial score (nSPS) is 11.5. The molecular formula is C15H14F3NO3. The van der Waals surface area contributed by atoms with Gasteiger partial charge in [-0.2, -0.15) is 13.2 Å². The lowest BCUT2D eigenvalue weighted by Gasteiger charge is -2.21. The van der Waals surface area contributed by atoms with Gasteiger partial charge in [-0.1, -0.05) is 12.1 Å². The zero-order valence-electron chi connectivity index (χ0n) is 11.9. The first-order chi connectivity index (χ1) is 10.3. The number of ether oxygens (including phenoxy) is 1. The first kappa shape index (κ1) is 15.9. The van der Waals surface area contributed by atoms with E-state index in [2.05, 4.69) is 0 Å². The largest absolute Gasteiger partial charge is 0.496 e. The van der Waals surface area contributed by atoms with Crippen LogP contribution in [0.1, 0.15) is 5.56 Å². The van der Waals surface area contributed by atoms with Gasteiger partial charge < -0.3 is 14.7 Å². The van der Waals surface area contributed by atoms with Crippen LogP contribution in [-0.4, -0.2) is 31.8 Å². The van der Waals surface area contributed by atoms with Crippen LogP contribution in [0.5, 0.6) is 5.75 Å². The number of carboxylic acids is 1. The number of carbonyl (C=O) groups is 1. The van der Waals surface area contributed by atoms with Crippen molar-refractivity contribution in [3.8, 4) is 5.75 Å². The summed E-state index contributed by atoms with van der Waals surface area (Å²) in [6.07, 6.45) is -4.57. The highest BCUT2D eigenvalue weighted by Crippen LogP contribution is 2.43. The van der Waals surface area contributed by atoms with E-state index < -0.39 is 17.7 Å². The van der Waals surface area contributed by atoms with Crippen molar-refractivity contribution in [3.05, 3.63) is 35.9 Å². The van der Waals surface area contributed by atoms with Crippen LogP contribution in [0.4, 0.5) is 18.9 Å². The van der Waals surface area contributed by atoms with Crippen molar-refractivity contribution >= 4 is 22.4 Å². The van der Waals surface area contributed by atoms with E-state index in [4.69, 9.17) is 9.84 Å². The van der Waals surface area contributed by atoms with Gasteiger partial charge in [0.15, 0.2) is 0 Å². The summed E-state index contributed by atoms with van der Waals surface area (Å²) >= 11 is 0. The van der Waals surface area contributed by atoms with Gasteiger partial charge in [-0.15, -0.1) is 0 Å².